The number of aromatic nitrogens is 2. The Morgan fingerprint density at radius 1 is 0.714 bits per heavy atom. The number of para-hydroxylation sites is 2. The Hall–Kier alpha value is -4.88. The van der Waals surface area contributed by atoms with Gasteiger partial charge in [0.2, 0.25) is 5.78 Å². The molecule has 0 atom stereocenters. The Morgan fingerprint density at radius 3 is 1.94 bits per heavy atom. The number of hydrogen-bond acceptors (Lipinski definition) is 2. The van der Waals surface area contributed by atoms with E-state index in [9.17, 15) is 10.1 Å². The number of benzene rings is 4. The normalized spacial score (nSPS) is 11.1. The van der Waals surface area contributed by atoms with Crippen molar-refractivity contribution in [2.75, 3.05) is 0 Å². The number of carbonyl (C=O) groups excluding carboxylic acids is 1. The Morgan fingerprint density at radius 2 is 1.29 bits per heavy atom. The molecule has 35 heavy (non-hydrogen) atoms. The molecule has 4 nitrogen and oxygen atoms in total. The second-order valence-corrected chi connectivity index (χ2v) is 8.49. The van der Waals surface area contributed by atoms with Crippen LogP contribution in [-0.4, -0.2) is 14.8 Å². The van der Waals surface area contributed by atoms with Crippen LogP contribution in [0.2, 0.25) is 0 Å². The molecule has 0 amide bonds. The highest BCUT2D eigenvalue weighted by Crippen LogP contribution is 2.38. The van der Waals surface area contributed by atoms with Crippen LogP contribution in [0.15, 0.2) is 115 Å². The standard InChI is InChI=1S/C31H21N3O/c32-20-25-28(23-14-6-2-7-15-23)31-33(21-22-12-4-1-5-13-22)26-18-10-11-19-27(26)34(31)29(25)30(35)24-16-8-3-9-17-24/h1-19H,21H2. The van der Waals surface area contributed by atoms with Crippen molar-refractivity contribution in [3.05, 3.63) is 138 Å². The summed E-state index contributed by atoms with van der Waals surface area (Å²) in [5.74, 6) is -0.165. The van der Waals surface area contributed by atoms with Gasteiger partial charge < -0.3 is 4.57 Å². The summed E-state index contributed by atoms with van der Waals surface area (Å²) < 4.78 is 4.20. The largest absolute Gasteiger partial charge is 0.321 e. The van der Waals surface area contributed by atoms with Gasteiger partial charge in [0, 0.05) is 17.7 Å². The van der Waals surface area contributed by atoms with Gasteiger partial charge in [-0.15, -0.1) is 0 Å². The van der Waals surface area contributed by atoms with Gasteiger partial charge in [0.05, 0.1) is 16.6 Å². The maximum absolute atomic E-state index is 13.9. The van der Waals surface area contributed by atoms with Crippen LogP contribution in [0.5, 0.6) is 0 Å². The lowest BCUT2D eigenvalue weighted by Gasteiger charge is -2.09. The minimum Gasteiger partial charge on any atom is -0.321 e. The molecule has 0 N–H and O–H groups in total. The number of nitriles is 1. The highest BCUT2D eigenvalue weighted by Gasteiger charge is 2.29. The Bertz CT molecular complexity index is 1720. The van der Waals surface area contributed by atoms with Crippen LogP contribution in [0.25, 0.3) is 27.8 Å². The zero-order chi connectivity index (χ0) is 23.8. The molecule has 0 unspecified atom stereocenters. The van der Waals surface area contributed by atoms with Crippen LogP contribution in [0.4, 0.5) is 0 Å². The average molecular weight is 452 g/mol. The summed E-state index contributed by atoms with van der Waals surface area (Å²) in [6.45, 7) is 0.617. The minimum atomic E-state index is -0.165. The van der Waals surface area contributed by atoms with Crippen LogP contribution < -0.4 is 0 Å². The van der Waals surface area contributed by atoms with E-state index in [0.29, 0.717) is 23.4 Å². The molecule has 0 aliphatic heterocycles. The number of imidazole rings is 1. The van der Waals surface area contributed by atoms with Gasteiger partial charge in [0.1, 0.15) is 17.4 Å². The molecule has 6 rings (SSSR count). The van der Waals surface area contributed by atoms with E-state index < -0.39 is 0 Å². The summed E-state index contributed by atoms with van der Waals surface area (Å²) in [7, 11) is 0. The Balaban J connectivity index is 1.77. The zero-order valence-electron chi connectivity index (χ0n) is 18.9. The molecule has 0 bridgehead atoms. The molecule has 166 valence electrons. The molecule has 0 radical (unpaired) electrons. The van der Waals surface area contributed by atoms with Crippen molar-refractivity contribution in [3.63, 3.8) is 0 Å². The predicted octanol–water partition coefficient (Wildman–Crippen LogP) is 6.71. The number of rotatable bonds is 5. The summed E-state index contributed by atoms with van der Waals surface area (Å²) in [4.78, 5) is 13.9. The van der Waals surface area contributed by atoms with Crippen molar-refractivity contribution in [3.8, 4) is 17.2 Å². The van der Waals surface area contributed by atoms with Crippen molar-refractivity contribution in [2.24, 2.45) is 0 Å². The fraction of sp³-hybridized carbons (Fsp3) is 0.0323. The van der Waals surface area contributed by atoms with Gasteiger partial charge in [-0.1, -0.05) is 103 Å². The van der Waals surface area contributed by atoms with E-state index >= 15 is 0 Å². The van der Waals surface area contributed by atoms with Crippen molar-refractivity contribution in [2.45, 2.75) is 6.54 Å². The first-order valence-corrected chi connectivity index (χ1v) is 11.5. The zero-order valence-corrected chi connectivity index (χ0v) is 18.9. The monoisotopic (exact) mass is 451 g/mol. The van der Waals surface area contributed by atoms with Gasteiger partial charge in [-0.2, -0.15) is 5.26 Å². The van der Waals surface area contributed by atoms with Gasteiger partial charge in [0.15, 0.2) is 0 Å². The molecule has 0 saturated heterocycles. The molecule has 4 aromatic carbocycles. The first-order valence-electron chi connectivity index (χ1n) is 11.5. The third-order valence-electron chi connectivity index (χ3n) is 6.42. The van der Waals surface area contributed by atoms with Crippen LogP contribution >= 0.6 is 0 Å². The van der Waals surface area contributed by atoms with Crippen LogP contribution in [0.3, 0.4) is 0 Å². The highest BCUT2D eigenvalue weighted by molar-refractivity contribution is 6.13. The van der Waals surface area contributed by atoms with E-state index in [-0.39, 0.29) is 5.78 Å². The summed E-state index contributed by atoms with van der Waals surface area (Å²) in [6.07, 6.45) is 0. The molecule has 0 aliphatic rings. The topological polar surface area (TPSA) is 50.2 Å². The van der Waals surface area contributed by atoms with Crippen molar-refractivity contribution >= 4 is 22.5 Å². The minimum absolute atomic E-state index is 0.165. The van der Waals surface area contributed by atoms with Crippen LogP contribution in [0.1, 0.15) is 27.2 Å². The lowest BCUT2D eigenvalue weighted by molar-refractivity contribution is 0.103. The van der Waals surface area contributed by atoms with Crippen molar-refractivity contribution in [1.29, 1.82) is 5.26 Å². The summed E-state index contributed by atoms with van der Waals surface area (Å²) in [6, 6.07) is 39.8. The predicted molar refractivity (Wildman–Crippen MR) is 138 cm³/mol. The van der Waals surface area contributed by atoms with E-state index in [0.717, 1.165) is 33.4 Å². The average Bonchev–Trinajstić information content (AvgIpc) is 3.42. The van der Waals surface area contributed by atoms with Crippen molar-refractivity contribution in [1.82, 2.24) is 8.97 Å². The quantitative estimate of drug-likeness (QED) is 0.274. The summed E-state index contributed by atoms with van der Waals surface area (Å²) >= 11 is 0. The number of fused-ring (bicyclic) bond motifs is 3. The van der Waals surface area contributed by atoms with E-state index in [4.69, 9.17) is 0 Å². The summed E-state index contributed by atoms with van der Waals surface area (Å²) in [5.41, 5.74) is 6.94. The Labute approximate surface area is 202 Å². The third kappa shape index (κ3) is 3.34. The summed E-state index contributed by atoms with van der Waals surface area (Å²) in [5, 5.41) is 10.4. The fourth-order valence-corrected chi connectivity index (χ4v) is 4.90. The highest BCUT2D eigenvalue weighted by atomic mass is 16.1. The SMILES string of the molecule is N#Cc1c(-c2ccccc2)c2n(Cc3ccccc3)c3ccccc3n2c1C(=O)c1ccccc1. The van der Waals surface area contributed by atoms with E-state index in [1.54, 1.807) is 12.1 Å². The number of hydrogen-bond donors (Lipinski definition) is 0. The van der Waals surface area contributed by atoms with E-state index in [2.05, 4.69) is 28.8 Å². The molecule has 4 heteroatoms. The molecule has 0 saturated carbocycles. The maximum atomic E-state index is 13.9. The molecular formula is C31H21N3O. The smallest absolute Gasteiger partial charge is 0.211 e. The van der Waals surface area contributed by atoms with Crippen LogP contribution in [0, 0.1) is 11.3 Å². The lowest BCUT2D eigenvalue weighted by atomic mass is 9.99. The second kappa shape index (κ2) is 8.48. The van der Waals surface area contributed by atoms with Crippen molar-refractivity contribution < 1.29 is 4.79 Å². The maximum Gasteiger partial charge on any atom is 0.211 e. The van der Waals surface area contributed by atoms with Gasteiger partial charge in [-0.3, -0.25) is 9.20 Å². The first kappa shape index (κ1) is 20.7. The van der Waals surface area contributed by atoms with Gasteiger partial charge >= 0.3 is 0 Å². The van der Waals surface area contributed by atoms with E-state index in [1.165, 1.54) is 0 Å². The molecule has 0 spiro atoms. The lowest BCUT2D eigenvalue weighted by Crippen LogP contribution is -2.07. The number of ketones is 1. The number of nitrogens with zero attached hydrogens (tertiary/aromatic N) is 3. The van der Waals surface area contributed by atoms with E-state index in [1.807, 2.05) is 89.3 Å². The molecule has 2 heterocycles. The van der Waals surface area contributed by atoms with Gasteiger partial charge in [0.25, 0.3) is 0 Å². The second-order valence-electron chi connectivity index (χ2n) is 8.49. The number of carbonyl (C=O) groups is 1. The fourth-order valence-electron chi connectivity index (χ4n) is 4.90. The van der Waals surface area contributed by atoms with Gasteiger partial charge in [-0.05, 0) is 23.3 Å². The first-order chi connectivity index (χ1) is 17.3. The molecule has 0 fully saturated rings. The molecular weight excluding hydrogens is 430 g/mol. The third-order valence-corrected chi connectivity index (χ3v) is 6.42. The molecule has 0 aliphatic carbocycles. The Kier molecular flexibility index (Phi) is 5.02. The van der Waals surface area contributed by atoms with Gasteiger partial charge in [-0.25, -0.2) is 0 Å². The van der Waals surface area contributed by atoms with Crippen LogP contribution in [-0.2, 0) is 6.54 Å². The molecule has 2 aromatic heterocycles. The molecule has 6 aromatic rings.